The first-order chi connectivity index (χ1) is 11.6. The molecular formula is C20H28N2O2. The summed E-state index contributed by atoms with van der Waals surface area (Å²) in [6.45, 7) is 14.7. The van der Waals surface area contributed by atoms with Crippen molar-refractivity contribution in [3.8, 4) is 0 Å². The molecule has 0 amide bonds. The highest BCUT2D eigenvalue weighted by Gasteiger charge is 2.28. The Kier molecular flexibility index (Phi) is 6.66. The lowest BCUT2D eigenvalue weighted by atomic mass is 9.95. The molecule has 0 N–H and O–H groups in total. The Morgan fingerprint density at radius 3 is 2.62 bits per heavy atom. The normalized spacial score (nSPS) is 20.3. The number of ether oxygens (including phenoxy) is 1. The molecular weight excluding hydrogens is 300 g/mol. The molecule has 0 spiro atoms. The standard InChI is InChI=1S/C20H28N2O2/c1-5-7-12-22-15(3)13-17(19(21-4)20(23)24-6-2)14-18(22)16-10-8-9-11-16/h13-14,16H,5-12H2,1-3H3. The molecule has 0 saturated heterocycles. The van der Waals surface area contributed by atoms with Gasteiger partial charge in [0.1, 0.15) is 0 Å². The molecule has 24 heavy (non-hydrogen) atoms. The minimum Gasteiger partial charge on any atom is -0.471 e. The van der Waals surface area contributed by atoms with Crippen LogP contribution in [0, 0.1) is 12.5 Å². The van der Waals surface area contributed by atoms with Crippen molar-refractivity contribution in [2.75, 3.05) is 13.2 Å². The predicted molar refractivity (Wildman–Crippen MR) is 95.7 cm³/mol. The molecule has 1 heterocycles. The molecule has 130 valence electrons. The number of rotatable bonds is 6. The molecule has 0 unspecified atom stereocenters. The monoisotopic (exact) mass is 328 g/mol. The lowest BCUT2D eigenvalue weighted by Crippen LogP contribution is -2.29. The van der Waals surface area contributed by atoms with Gasteiger partial charge in [-0.2, -0.15) is 0 Å². The van der Waals surface area contributed by atoms with Crippen LogP contribution < -0.4 is 0 Å². The summed E-state index contributed by atoms with van der Waals surface area (Å²) in [5.41, 5.74) is 3.20. The van der Waals surface area contributed by atoms with Crippen LogP contribution in [-0.4, -0.2) is 24.0 Å². The van der Waals surface area contributed by atoms with Crippen LogP contribution >= 0.6 is 0 Å². The zero-order valence-corrected chi connectivity index (χ0v) is 15.1. The summed E-state index contributed by atoms with van der Waals surface area (Å²) in [6.07, 6.45) is 11.2. The first-order valence-electron chi connectivity index (χ1n) is 9.08. The van der Waals surface area contributed by atoms with E-state index in [1.54, 1.807) is 6.92 Å². The third-order valence-corrected chi connectivity index (χ3v) is 4.77. The maximum absolute atomic E-state index is 12.1. The SMILES string of the molecule is [C-]#[N+]C(C(=O)OCC)=C1C=C(C)N(CCCC)C(C2CCCC2)=C1. The van der Waals surface area contributed by atoms with E-state index in [1.165, 1.54) is 31.4 Å². The zero-order valence-electron chi connectivity index (χ0n) is 15.1. The predicted octanol–water partition coefficient (Wildman–Crippen LogP) is 4.82. The topological polar surface area (TPSA) is 33.9 Å². The van der Waals surface area contributed by atoms with Crippen LogP contribution in [0.25, 0.3) is 4.85 Å². The Labute approximate surface area is 145 Å². The Balaban J connectivity index is 2.41. The van der Waals surface area contributed by atoms with Crippen molar-refractivity contribution < 1.29 is 9.53 Å². The Morgan fingerprint density at radius 2 is 2.04 bits per heavy atom. The van der Waals surface area contributed by atoms with Crippen molar-refractivity contribution in [1.82, 2.24) is 4.90 Å². The maximum atomic E-state index is 12.1. The maximum Gasteiger partial charge on any atom is 0.336 e. The number of nitrogens with zero attached hydrogens (tertiary/aromatic N) is 2. The number of allylic oxidation sites excluding steroid dienone is 5. The van der Waals surface area contributed by atoms with Gasteiger partial charge in [0.05, 0.1) is 13.2 Å². The molecule has 0 atom stereocenters. The molecule has 0 aromatic rings. The van der Waals surface area contributed by atoms with Crippen LogP contribution in [0.4, 0.5) is 0 Å². The number of hydrogen-bond donors (Lipinski definition) is 0. The van der Waals surface area contributed by atoms with E-state index in [0.29, 0.717) is 11.5 Å². The van der Waals surface area contributed by atoms with E-state index in [2.05, 4.69) is 29.7 Å². The van der Waals surface area contributed by atoms with Crippen molar-refractivity contribution in [2.45, 2.75) is 59.3 Å². The van der Waals surface area contributed by atoms with Crippen LogP contribution in [0.2, 0.25) is 0 Å². The van der Waals surface area contributed by atoms with Crippen molar-refractivity contribution in [3.63, 3.8) is 0 Å². The van der Waals surface area contributed by atoms with E-state index in [-0.39, 0.29) is 12.3 Å². The van der Waals surface area contributed by atoms with Gasteiger partial charge in [-0.25, -0.2) is 4.85 Å². The summed E-state index contributed by atoms with van der Waals surface area (Å²) < 4.78 is 5.05. The smallest absolute Gasteiger partial charge is 0.336 e. The molecule has 1 aliphatic heterocycles. The Bertz CT molecular complexity index is 602. The molecule has 1 saturated carbocycles. The van der Waals surface area contributed by atoms with Crippen molar-refractivity contribution in [1.29, 1.82) is 0 Å². The number of carbonyl (C=O) groups excluding carboxylic acids is 1. The summed E-state index contributed by atoms with van der Waals surface area (Å²) in [4.78, 5) is 17.9. The number of hydrogen-bond acceptors (Lipinski definition) is 3. The van der Waals surface area contributed by atoms with Gasteiger partial charge >= 0.3 is 5.97 Å². The fourth-order valence-electron chi connectivity index (χ4n) is 3.53. The molecule has 0 radical (unpaired) electrons. The molecule has 2 aliphatic rings. The van der Waals surface area contributed by atoms with E-state index in [9.17, 15) is 4.79 Å². The third-order valence-electron chi connectivity index (χ3n) is 4.77. The van der Waals surface area contributed by atoms with E-state index in [0.717, 1.165) is 25.1 Å². The summed E-state index contributed by atoms with van der Waals surface area (Å²) in [5, 5.41) is 0. The quantitative estimate of drug-likeness (QED) is 0.398. The third kappa shape index (κ3) is 4.08. The van der Waals surface area contributed by atoms with Crippen molar-refractivity contribution in [3.05, 3.63) is 46.2 Å². The van der Waals surface area contributed by atoms with Gasteiger partial charge in [0.25, 0.3) is 5.70 Å². The second-order valence-corrected chi connectivity index (χ2v) is 6.48. The minimum atomic E-state index is -0.518. The summed E-state index contributed by atoms with van der Waals surface area (Å²) in [5.74, 6) is 0.0188. The zero-order chi connectivity index (χ0) is 17.5. The average Bonchev–Trinajstić information content (AvgIpc) is 3.08. The fourth-order valence-corrected chi connectivity index (χ4v) is 3.53. The molecule has 0 bridgehead atoms. The van der Waals surface area contributed by atoms with E-state index >= 15 is 0 Å². The van der Waals surface area contributed by atoms with Crippen LogP contribution in [0.3, 0.4) is 0 Å². The van der Waals surface area contributed by atoms with Gasteiger partial charge < -0.3 is 9.64 Å². The lowest BCUT2D eigenvalue weighted by Gasteiger charge is -2.35. The first kappa shape index (κ1) is 18.3. The highest BCUT2D eigenvalue weighted by atomic mass is 16.5. The van der Waals surface area contributed by atoms with Crippen LogP contribution in [0.5, 0.6) is 0 Å². The number of carbonyl (C=O) groups is 1. The molecule has 0 aromatic heterocycles. The van der Waals surface area contributed by atoms with Gasteiger partial charge in [0.15, 0.2) is 0 Å². The first-order valence-corrected chi connectivity index (χ1v) is 9.08. The van der Waals surface area contributed by atoms with Gasteiger partial charge in [0, 0.05) is 17.9 Å². The van der Waals surface area contributed by atoms with Gasteiger partial charge in [-0.1, -0.05) is 26.2 Å². The highest BCUT2D eigenvalue weighted by molar-refractivity contribution is 5.92. The van der Waals surface area contributed by atoms with E-state index < -0.39 is 5.97 Å². The van der Waals surface area contributed by atoms with Crippen molar-refractivity contribution in [2.24, 2.45) is 5.92 Å². The molecule has 2 rings (SSSR count). The highest BCUT2D eigenvalue weighted by Crippen LogP contribution is 2.38. The Morgan fingerprint density at radius 1 is 1.33 bits per heavy atom. The largest absolute Gasteiger partial charge is 0.471 e. The molecule has 1 aliphatic carbocycles. The van der Waals surface area contributed by atoms with Gasteiger partial charge in [-0.05, 0) is 56.8 Å². The molecule has 1 fully saturated rings. The molecule has 0 aromatic carbocycles. The number of unbranched alkanes of at least 4 members (excludes halogenated alkanes) is 1. The van der Waals surface area contributed by atoms with Crippen molar-refractivity contribution >= 4 is 5.97 Å². The van der Waals surface area contributed by atoms with E-state index in [4.69, 9.17) is 11.3 Å². The summed E-state index contributed by atoms with van der Waals surface area (Å²) >= 11 is 0. The second-order valence-electron chi connectivity index (χ2n) is 6.48. The molecule has 4 heteroatoms. The number of esters is 1. The second kappa shape index (κ2) is 8.73. The summed E-state index contributed by atoms with van der Waals surface area (Å²) in [6, 6.07) is 0. The van der Waals surface area contributed by atoms with E-state index in [1.807, 2.05) is 6.08 Å². The van der Waals surface area contributed by atoms with Gasteiger partial charge in [0.2, 0.25) is 0 Å². The van der Waals surface area contributed by atoms with Crippen LogP contribution in [-0.2, 0) is 9.53 Å². The van der Waals surface area contributed by atoms with Crippen LogP contribution in [0.1, 0.15) is 59.3 Å². The van der Waals surface area contributed by atoms with Crippen LogP contribution in [0.15, 0.2) is 34.8 Å². The molecule has 4 nitrogen and oxygen atoms in total. The minimum absolute atomic E-state index is 0.0989. The van der Waals surface area contributed by atoms with Gasteiger partial charge in [-0.3, -0.25) is 4.79 Å². The fraction of sp³-hybridized carbons (Fsp3) is 0.600. The average molecular weight is 328 g/mol. The Hall–Kier alpha value is -2.02. The lowest BCUT2D eigenvalue weighted by molar-refractivity contribution is -0.138. The van der Waals surface area contributed by atoms with Gasteiger partial charge in [-0.15, -0.1) is 0 Å². The summed E-state index contributed by atoms with van der Waals surface area (Å²) in [7, 11) is 0.